The van der Waals surface area contributed by atoms with E-state index in [9.17, 15) is 9.90 Å². The molecule has 1 saturated carbocycles. The van der Waals surface area contributed by atoms with E-state index in [2.05, 4.69) is 10.6 Å². The number of ether oxygens (including phenoxy) is 1. The predicted molar refractivity (Wildman–Crippen MR) is 73.3 cm³/mol. The molecule has 112 valence electrons. The molecule has 1 aromatic rings. The summed E-state index contributed by atoms with van der Waals surface area (Å²) in [6, 6.07) is 3.12. The van der Waals surface area contributed by atoms with Gasteiger partial charge in [-0.25, -0.2) is 4.79 Å². The minimum absolute atomic E-state index is 0.0366. The Morgan fingerprint density at radius 2 is 2.35 bits per heavy atom. The Balaban J connectivity index is 1.74. The first-order chi connectivity index (χ1) is 9.70. The van der Waals surface area contributed by atoms with Crippen molar-refractivity contribution < 1.29 is 19.1 Å². The van der Waals surface area contributed by atoms with Gasteiger partial charge in [0.2, 0.25) is 0 Å². The minimum atomic E-state index is -0.833. The van der Waals surface area contributed by atoms with Gasteiger partial charge < -0.3 is 24.9 Å². The molecule has 1 aliphatic rings. The van der Waals surface area contributed by atoms with Crippen molar-refractivity contribution >= 4 is 6.03 Å². The lowest BCUT2D eigenvalue weighted by Gasteiger charge is -2.31. The van der Waals surface area contributed by atoms with Gasteiger partial charge in [-0.3, -0.25) is 0 Å². The lowest BCUT2D eigenvalue weighted by molar-refractivity contribution is 0.0449. The molecule has 0 aliphatic heterocycles. The van der Waals surface area contributed by atoms with E-state index in [1.807, 2.05) is 0 Å². The van der Waals surface area contributed by atoms with Crippen LogP contribution >= 0.6 is 0 Å². The molecule has 1 aromatic heterocycles. The summed E-state index contributed by atoms with van der Waals surface area (Å²) in [7, 11) is 1.67. The quantitative estimate of drug-likeness (QED) is 0.765. The van der Waals surface area contributed by atoms with Crippen molar-refractivity contribution in [3.63, 3.8) is 0 Å². The largest absolute Gasteiger partial charge is 0.467 e. The number of urea groups is 1. The van der Waals surface area contributed by atoms with Crippen molar-refractivity contribution in [2.45, 2.75) is 43.9 Å². The molecule has 0 bridgehead atoms. The Hall–Kier alpha value is -1.53. The van der Waals surface area contributed by atoms with Crippen LogP contribution in [0.1, 0.15) is 37.5 Å². The summed E-state index contributed by atoms with van der Waals surface area (Å²) in [5, 5.41) is 15.4. The van der Waals surface area contributed by atoms with Crippen molar-refractivity contribution in [1.29, 1.82) is 0 Å². The minimum Gasteiger partial charge on any atom is -0.467 e. The Kier molecular flexibility index (Phi) is 5.43. The van der Waals surface area contributed by atoms with Gasteiger partial charge in [-0.1, -0.05) is 12.8 Å². The number of rotatable bonds is 5. The molecule has 1 aliphatic carbocycles. The number of hydrogen-bond donors (Lipinski definition) is 3. The first-order valence-electron chi connectivity index (χ1n) is 6.99. The van der Waals surface area contributed by atoms with Crippen molar-refractivity contribution in [1.82, 2.24) is 10.6 Å². The molecular formula is C14H22N2O4. The smallest absolute Gasteiger partial charge is 0.315 e. The monoisotopic (exact) mass is 282 g/mol. The van der Waals surface area contributed by atoms with Crippen LogP contribution in [0.25, 0.3) is 0 Å². The van der Waals surface area contributed by atoms with E-state index >= 15 is 0 Å². The summed E-state index contributed by atoms with van der Waals surface area (Å²) in [6.45, 7) is 0.115. The number of aliphatic hydroxyl groups excluding tert-OH is 1. The number of furan rings is 1. The fourth-order valence-electron chi connectivity index (χ4n) is 2.53. The Morgan fingerprint density at radius 3 is 3.05 bits per heavy atom. The molecule has 1 heterocycles. The number of hydrogen-bond acceptors (Lipinski definition) is 4. The molecule has 1 fully saturated rings. The van der Waals surface area contributed by atoms with Crippen molar-refractivity contribution in [2.24, 2.45) is 0 Å². The topological polar surface area (TPSA) is 83.7 Å². The zero-order valence-electron chi connectivity index (χ0n) is 11.7. The molecular weight excluding hydrogens is 260 g/mol. The van der Waals surface area contributed by atoms with E-state index in [1.54, 1.807) is 19.2 Å². The van der Waals surface area contributed by atoms with Crippen LogP contribution in [-0.2, 0) is 4.74 Å². The lowest BCUT2D eigenvalue weighted by Crippen LogP contribution is -2.50. The van der Waals surface area contributed by atoms with Crippen LogP contribution in [0.5, 0.6) is 0 Å². The Morgan fingerprint density at radius 1 is 1.55 bits per heavy atom. The highest BCUT2D eigenvalue weighted by molar-refractivity contribution is 5.74. The normalized spacial score (nSPS) is 24.1. The SMILES string of the molecule is COC1CCCCC1NC(=O)NCC(O)c1ccco1. The highest BCUT2D eigenvalue weighted by atomic mass is 16.5. The maximum atomic E-state index is 11.8. The second-order valence-corrected chi connectivity index (χ2v) is 5.05. The van der Waals surface area contributed by atoms with Crippen molar-refractivity contribution in [2.75, 3.05) is 13.7 Å². The van der Waals surface area contributed by atoms with Gasteiger partial charge in [0.25, 0.3) is 0 Å². The predicted octanol–water partition coefficient (Wildman–Crippen LogP) is 1.57. The van der Waals surface area contributed by atoms with Crippen LogP contribution in [0.15, 0.2) is 22.8 Å². The van der Waals surface area contributed by atoms with Crippen LogP contribution in [-0.4, -0.2) is 36.9 Å². The molecule has 2 amide bonds. The Bertz CT molecular complexity index is 407. The van der Waals surface area contributed by atoms with E-state index < -0.39 is 6.10 Å². The zero-order chi connectivity index (χ0) is 14.4. The third-order valence-corrected chi connectivity index (χ3v) is 3.65. The van der Waals surface area contributed by atoms with Gasteiger partial charge in [-0.15, -0.1) is 0 Å². The van der Waals surface area contributed by atoms with E-state index in [4.69, 9.17) is 9.15 Å². The van der Waals surface area contributed by atoms with Gasteiger partial charge in [-0.05, 0) is 25.0 Å². The number of nitrogens with one attached hydrogen (secondary N) is 2. The average Bonchev–Trinajstić information content (AvgIpc) is 2.99. The molecule has 0 radical (unpaired) electrons. The third-order valence-electron chi connectivity index (χ3n) is 3.65. The molecule has 3 N–H and O–H groups in total. The number of amides is 2. The third kappa shape index (κ3) is 3.98. The first kappa shape index (κ1) is 14.9. The second-order valence-electron chi connectivity index (χ2n) is 5.05. The first-order valence-corrected chi connectivity index (χ1v) is 6.99. The molecule has 0 aromatic carbocycles. The maximum absolute atomic E-state index is 11.8. The summed E-state index contributed by atoms with van der Waals surface area (Å²) in [4.78, 5) is 11.8. The summed E-state index contributed by atoms with van der Waals surface area (Å²) in [5.74, 6) is 0.442. The maximum Gasteiger partial charge on any atom is 0.315 e. The second kappa shape index (κ2) is 7.31. The zero-order valence-corrected chi connectivity index (χ0v) is 11.7. The molecule has 20 heavy (non-hydrogen) atoms. The summed E-state index contributed by atoms with van der Waals surface area (Å²) in [5.41, 5.74) is 0. The highest BCUT2D eigenvalue weighted by Gasteiger charge is 2.26. The van der Waals surface area contributed by atoms with Gasteiger partial charge in [-0.2, -0.15) is 0 Å². The van der Waals surface area contributed by atoms with E-state index in [-0.39, 0.29) is 24.7 Å². The lowest BCUT2D eigenvalue weighted by atomic mass is 9.92. The average molecular weight is 282 g/mol. The molecule has 3 atom stereocenters. The fourth-order valence-corrected chi connectivity index (χ4v) is 2.53. The van der Waals surface area contributed by atoms with Gasteiger partial charge in [0.05, 0.1) is 25.0 Å². The van der Waals surface area contributed by atoms with Gasteiger partial charge in [0, 0.05) is 7.11 Å². The molecule has 6 heteroatoms. The molecule has 2 rings (SSSR count). The van der Waals surface area contributed by atoms with E-state index in [0.29, 0.717) is 5.76 Å². The number of aliphatic hydroxyl groups is 1. The standard InChI is InChI=1S/C14H22N2O4/c1-19-12-6-3-2-5-10(12)16-14(18)15-9-11(17)13-7-4-8-20-13/h4,7-8,10-12,17H,2-3,5-6,9H2,1H3,(H2,15,16,18). The van der Waals surface area contributed by atoms with Crippen LogP contribution < -0.4 is 10.6 Å². The highest BCUT2D eigenvalue weighted by Crippen LogP contribution is 2.20. The summed E-state index contributed by atoms with van der Waals surface area (Å²) in [6.07, 6.45) is 4.85. The molecule has 0 saturated heterocycles. The van der Waals surface area contributed by atoms with Gasteiger partial charge >= 0.3 is 6.03 Å². The van der Waals surface area contributed by atoms with Crippen LogP contribution in [0.3, 0.4) is 0 Å². The summed E-state index contributed by atoms with van der Waals surface area (Å²) >= 11 is 0. The van der Waals surface area contributed by atoms with Gasteiger partial charge in [0.15, 0.2) is 0 Å². The van der Waals surface area contributed by atoms with Crippen molar-refractivity contribution in [3.8, 4) is 0 Å². The van der Waals surface area contributed by atoms with Crippen LogP contribution in [0, 0.1) is 0 Å². The fraction of sp³-hybridized carbons (Fsp3) is 0.643. The van der Waals surface area contributed by atoms with Crippen LogP contribution in [0.4, 0.5) is 4.79 Å². The van der Waals surface area contributed by atoms with E-state index in [0.717, 1.165) is 25.7 Å². The number of carbonyl (C=O) groups excluding carboxylic acids is 1. The van der Waals surface area contributed by atoms with Crippen molar-refractivity contribution in [3.05, 3.63) is 24.2 Å². The van der Waals surface area contributed by atoms with Crippen LogP contribution in [0.2, 0.25) is 0 Å². The van der Waals surface area contributed by atoms with Gasteiger partial charge in [0.1, 0.15) is 11.9 Å². The Labute approximate surface area is 118 Å². The van der Waals surface area contributed by atoms with E-state index in [1.165, 1.54) is 6.26 Å². The molecule has 6 nitrogen and oxygen atoms in total. The molecule has 3 unspecified atom stereocenters. The summed E-state index contributed by atoms with van der Waals surface area (Å²) < 4.78 is 10.5. The number of methoxy groups -OCH3 is 1. The number of carbonyl (C=O) groups is 1. The molecule has 0 spiro atoms.